The van der Waals surface area contributed by atoms with Crippen molar-refractivity contribution in [1.29, 1.82) is 0 Å². The summed E-state index contributed by atoms with van der Waals surface area (Å²) in [6.07, 6.45) is 8.64. The molecule has 4 fully saturated rings. The summed E-state index contributed by atoms with van der Waals surface area (Å²) >= 11 is 0. The first-order valence-electron chi connectivity index (χ1n) is 16.5. The van der Waals surface area contributed by atoms with Crippen LogP contribution in [0.4, 0.5) is 0 Å². The molecule has 5 aliphatic carbocycles. The fourth-order valence-corrected chi connectivity index (χ4v) is 12.4. The van der Waals surface area contributed by atoms with Crippen molar-refractivity contribution in [2.75, 3.05) is 0 Å². The minimum atomic E-state index is -0.491. The van der Waals surface area contributed by atoms with Gasteiger partial charge in [-0.15, -0.1) is 0 Å². The van der Waals surface area contributed by atoms with Crippen LogP contribution in [0.1, 0.15) is 121 Å². The van der Waals surface area contributed by atoms with Gasteiger partial charge < -0.3 is 14.2 Å². The zero-order valence-electron chi connectivity index (χ0n) is 28.1. The zero-order chi connectivity index (χ0) is 31.2. The van der Waals surface area contributed by atoms with E-state index in [-0.39, 0.29) is 57.7 Å². The Kier molecular flexibility index (Phi) is 7.58. The predicted octanol–water partition coefficient (Wildman–Crippen LogP) is 7.68. The van der Waals surface area contributed by atoms with E-state index in [1.807, 2.05) is 0 Å². The third-order valence-electron chi connectivity index (χ3n) is 14.5. The molecule has 236 valence electrons. The second kappa shape index (κ2) is 10.1. The van der Waals surface area contributed by atoms with Gasteiger partial charge in [-0.1, -0.05) is 54.0 Å². The van der Waals surface area contributed by atoms with Crippen molar-refractivity contribution in [3.63, 3.8) is 0 Å². The highest BCUT2D eigenvalue weighted by Crippen LogP contribution is 2.77. The minimum Gasteiger partial charge on any atom is -0.462 e. The summed E-state index contributed by atoms with van der Waals surface area (Å²) in [6.45, 7) is 23.5. The van der Waals surface area contributed by atoms with Crippen molar-refractivity contribution < 1.29 is 28.6 Å². The number of carbonyl (C=O) groups is 3. The molecule has 0 aliphatic heterocycles. The Labute approximate surface area is 254 Å². The van der Waals surface area contributed by atoms with E-state index in [1.165, 1.54) is 32.8 Å². The first-order valence-corrected chi connectivity index (χ1v) is 16.5. The highest BCUT2D eigenvalue weighted by atomic mass is 16.6. The molecule has 6 nitrogen and oxygen atoms in total. The van der Waals surface area contributed by atoms with E-state index in [0.717, 1.165) is 38.5 Å². The van der Waals surface area contributed by atoms with Gasteiger partial charge in [0.15, 0.2) is 0 Å². The van der Waals surface area contributed by atoms with Crippen LogP contribution in [0.5, 0.6) is 0 Å². The lowest BCUT2D eigenvalue weighted by molar-refractivity contribution is -0.280. The maximum absolute atomic E-state index is 12.7. The van der Waals surface area contributed by atoms with Gasteiger partial charge in [-0.25, -0.2) is 0 Å². The number of fused-ring (bicyclic) bond motifs is 7. The second-order valence-electron chi connectivity index (χ2n) is 16.5. The molecule has 0 amide bonds. The number of carbonyl (C=O) groups excluding carboxylic acids is 3. The molecule has 0 unspecified atom stereocenters. The smallest absolute Gasteiger partial charge is 0.303 e. The van der Waals surface area contributed by atoms with E-state index in [4.69, 9.17) is 14.2 Å². The summed E-state index contributed by atoms with van der Waals surface area (Å²) in [5, 5.41) is 0. The van der Waals surface area contributed by atoms with Gasteiger partial charge in [-0.2, -0.15) is 0 Å². The van der Waals surface area contributed by atoms with Gasteiger partial charge in [0, 0.05) is 31.6 Å². The molecule has 0 bridgehead atoms. The first-order chi connectivity index (χ1) is 19.3. The summed E-state index contributed by atoms with van der Waals surface area (Å²) in [5.74, 6) is 1.24. The van der Waals surface area contributed by atoms with Crippen molar-refractivity contribution in [2.24, 2.45) is 56.7 Å². The van der Waals surface area contributed by atoms with Gasteiger partial charge in [0.2, 0.25) is 0 Å². The quantitative estimate of drug-likeness (QED) is 0.192. The summed E-state index contributed by atoms with van der Waals surface area (Å²) in [7, 11) is 0. The summed E-state index contributed by atoms with van der Waals surface area (Å²) in [5.41, 5.74) is 0.861. The highest BCUT2D eigenvalue weighted by Gasteiger charge is 2.73. The molecule has 4 saturated carbocycles. The van der Waals surface area contributed by atoms with Crippen molar-refractivity contribution >= 4 is 17.9 Å². The SMILES string of the molecule is CC(=O)O[C@H]1CC[C@]2(C)[C@H]3CC[C@@H]4[C@H]5[C@H](C)C(C)=C[C@H](OC(C)=O)[C@]5(C)[C@@H](OC(C)=O)C[C@@]4(C)[C@]3(C)CC[C@H]2C1(C)C. The fraction of sp³-hybridized carbons (Fsp3) is 0.861. The standard InChI is InChI=1S/C36H56O6/c1-20-18-29(41-23(4)38)36(11)30(42-24(5)39)19-35(10)25(31(36)21(20)2)12-13-27-33(8)16-15-28(40-22(3)37)32(6,7)26(33)14-17-34(27,35)9/h18,21,25-31H,12-17,19H2,1-11H3/t21-,25-,26+,27-,28+,29+,30+,31-,33+,34-,35-,36-/m1/s1. The van der Waals surface area contributed by atoms with Crippen LogP contribution < -0.4 is 0 Å². The van der Waals surface area contributed by atoms with Crippen molar-refractivity contribution in [3.8, 4) is 0 Å². The highest BCUT2D eigenvalue weighted by molar-refractivity contribution is 5.67. The van der Waals surface area contributed by atoms with Crippen molar-refractivity contribution in [1.82, 2.24) is 0 Å². The molecule has 0 aromatic heterocycles. The molecule has 0 aromatic rings. The van der Waals surface area contributed by atoms with Crippen molar-refractivity contribution in [3.05, 3.63) is 11.6 Å². The van der Waals surface area contributed by atoms with E-state index in [0.29, 0.717) is 23.7 Å². The Balaban J connectivity index is 1.59. The zero-order valence-corrected chi connectivity index (χ0v) is 28.1. The van der Waals surface area contributed by atoms with Crippen LogP contribution in [0.25, 0.3) is 0 Å². The number of hydrogen-bond donors (Lipinski definition) is 0. The van der Waals surface area contributed by atoms with Crippen LogP contribution >= 0.6 is 0 Å². The number of hydrogen-bond acceptors (Lipinski definition) is 6. The molecule has 12 atom stereocenters. The number of rotatable bonds is 3. The molecule has 0 N–H and O–H groups in total. The van der Waals surface area contributed by atoms with E-state index in [2.05, 4.69) is 61.5 Å². The Hall–Kier alpha value is -1.85. The summed E-state index contributed by atoms with van der Waals surface area (Å²) < 4.78 is 18.3. The number of esters is 3. The molecule has 42 heavy (non-hydrogen) atoms. The van der Waals surface area contributed by atoms with Gasteiger partial charge in [0.05, 0.1) is 0 Å². The molecule has 0 heterocycles. The lowest BCUT2D eigenvalue weighted by Gasteiger charge is -2.74. The molecule has 0 aromatic carbocycles. The van der Waals surface area contributed by atoms with Crippen LogP contribution in [-0.2, 0) is 28.6 Å². The average molecular weight is 585 g/mol. The lowest BCUT2D eigenvalue weighted by atomic mass is 9.31. The molecule has 0 spiro atoms. The largest absolute Gasteiger partial charge is 0.462 e. The van der Waals surface area contributed by atoms with Crippen LogP contribution in [0, 0.1) is 56.7 Å². The van der Waals surface area contributed by atoms with Gasteiger partial charge in [0.1, 0.15) is 18.3 Å². The molecular formula is C36H56O6. The maximum atomic E-state index is 12.7. The third-order valence-corrected chi connectivity index (χ3v) is 14.5. The monoisotopic (exact) mass is 584 g/mol. The van der Waals surface area contributed by atoms with Crippen LogP contribution in [0.3, 0.4) is 0 Å². The number of allylic oxidation sites excluding steroid dienone is 1. The number of ether oxygens (including phenoxy) is 3. The van der Waals surface area contributed by atoms with Gasteiger partial charge in [0.25, 0.3) is 0 Å². The average Bonchev–Trinajstić information content (AvgIpc) is 2.85. The van der Waals surface area contributed by atoms with Crippen molar-refractivity contribution in [2.45, 2.75) is 139 Å². The lowest BCUT2D eigenvalue weighted by Crippen LogP contribution is -2.71. The molecular weight excluding hydrogens is 528 g/mol. The summed E-state index contributed by atoms with van der Waals surface area (Å²) in [4.78, 5) is 37.0. The molecule has 0 radical (unpaired) electrons. The topological polar surface area (TPSA) is 78.9 Å². The second-order valence-corrected chi connectivity index (χ2v) is 16.5. The van der Waals surface area contributed by atoms with Gasteiger partial charge >= 0.3 is 17.9 Å². The van der Waals surface area contributed by atoms with Gasteiger partial charge in [-0.3, -0.25) is 14.4 Å². The summed E-state index contributed by atoms with van der Waals surface area (Å²) in [6, 6.07) is 0. The normalized spacial score (nSPS) is 49.2. The van der Waals surface area contributed by atoms with E-state index in [9.17, 15) is 14.4 Å². The third kappa shape index (κ3) is 4.26. The van der Waals surface area contributed by atoms with E-state index in [1.54, 1.807) is 0 Å². The molecule has 6 heteroatoms. The fourth-order valence-electron chi connectivity index (χ4n) is 12.4. The van der Waals surface area contributed by atoms with Crippen LogP contribution in [0.15, 0.2) is 11.6 Å². The van der Waals surface area contributed by atoms with E-state index >= 15 is 0 Å². The molecule has 0 saturated heterocycles. The van der Waals surface area contributed by atoms with Gasteiger partial charge in [-0.05, 0) is 104 Å². The molecule has 5 rings (SSSR count). The van der Waals surface area contributed by atoms with Crippen LogP contribution in [0.2, 0.25) is 0 Å². The Bertz CT molecular complexity index is 1170. The predicted molar refractivity (Wildman–Crippen MR) is 162 cm³/mol. The molecule has 5 aliphatic rings. The van der Waals surface area contributed by atoms with E-state index < -0.39 is 11.5 Å². The minimum absolute atomic E-state index is 0.0378. The Morgan fingerprint density at radius 1 is 0.738 bits per heavy atom. The first kappa shape index (κ1) is 31.6. The van der Waals surface area contributed by atoms with Crippen LogP contribution in [-0.4, -0.2) is 36.2 Å². The Morgan fingerprint density at radius 3 is 1.93 bits per heavy atom. The Morgan fingerprint density at radius 2 is 1.33 bits per heavy atom. The maximum Gasteiger partial charge on any atom is 0.303 e.